The van der Waals surface area contributed by atoms with Crippen molar-refractivity contribution < 1.29 is 101 Å². The first-order valence-corrected chi connectivity index (χ1v) is 12.7. The molecule has 0 aliphatic heterocycles. The molecular formula is C21H30F3Na2O6P. The molecule has 0 saturated heterocycles. The number of hydrogen-bond acceptors (Lipinski definition) is 6. The van der Waals surface area contributed by atoms with E-state index in [2.05, 4.69) is 11.4 Å². The van der Waals surface area contributed by atoms with Gasteiger partial charge in [0.2, 0.25) is 0 Å². The molecule has 0 amide bonds. The van der Waals surface area contributed by atoms with Crippen LogP contribution in [-0.2, 0) is 13.9 Å². The molecule has 1 N–H and O–H groups in total. The van der Waals surface area contributed by atoms with Crippen LogP contribution in [0.1, 0.15) is 64.7 Å². The van der Waals surface area contributed by atoms with Gasteiger partial charge in [-0.05, 0) is 92.8 Å². The van der Waals surface area contributed by atoms with Gasteiger partial charge in [0, 0.05) is 5.92 Å². The summed E-state index contributed by atoms with van der Waals surface area (Å²) in [5.41, 5.74) is -2.87. The zero-order valence-corrected chi connectivity index (χ0v) is 24.5. The van der Waals surface area contributed by atoms with E-state index in [4.69, 9.17) is 0 Å². The van der Waals surface area contributed by atoms with Crippen molar-refractivity contribution in [3.63, 3.8) is 0 Å². The Morgan fingerprint density at radius 3 is 2.27 bits per heavy atom. The molecule has 0 aromatic heterocycles. The predicted octanol–water partition coefficient (Wildman–Crippen LogP) is -3.03. The van der Waals surface area contributed by atoms with Crippen LogP contribution >= 0.6 is 7.82 Å². The van der Waals surface area contributed by atoms with E-state index in [-0.39, 0.29) is 107 Å². The van der Waals surface area contributed by atoms with E-state index in [0.717, 1.165) is 25.7 Å². The molecular weight excluding hydrogens is 482 g/mol. The first kappa shape index (κ1) is 30.8. The van der Waals surface area contributed by atoms with Crippen molar-refractivity contribution in [3.8, 4) is 0 Å². The fourth-order valence-electron chi connectivity index (χ4n) is 7.91. The average molecular weight is 512 g/mol. The Hall–Kier alpha value is 1.53. The molecule has 4 unspecified atom stereocenters. The summed E-state index contributed by atoms with van der Waals surface area (Å²) in [4.78, 5) is 34.2. The van der Waals surface area contributed by atoms with Gasteiger partial charge in [0.25, 0.3) is 0 Å². The third kappa shape index (κ3) is 5.84. The quantitative estimate of drug-likeness (QED) is 0.317. The SMILES string of the molecule is C[C@]12CCC3C(CC[C@@H]4CC(O)(C(F)(F)F)CC[C@H]34)C1CC[C@@H]2C(=O)COP(=O)([O-])[O-].[Na+].[Na+]. The van der Waals surface area contributed by atoms with Crippen LogP contribution in [0.25, 0.3) is 0 Å². The molecule has 8 atom stereocenters. The third-order valence-corrected chi connectivity index (χ3v) is 9.74. The second-order valence-corrected chi connectivity index (χ2v) is 11.7. The van der Waals surface area contributed by atoms with Crippen LogP contribution in [0.4, 0.5) is 13.2 Å². The van der Waals surface area contributed by atoms with Gasteiger partial charge in [0.15, 0.2) is 11.4 Å². The van der Waals surface area contributed by atoms with Crippen LogP contribution in [-0.4, -0.2) is 29.3 Å². The summed E-state index contributed by atoms with van der Waals surface area (Å²) in [5.74, 6) is 0.249. The van der Waals surface area contributed by atoms with Crippen LogP contribution in [0, 0.1) is 40.9 Å². The molecule has 4 aliphatic carbocycles. The number of halogens is 3. The van der Waals surface area contributed by atoms with E-state index < -0.39 is 26.2 Å². The van der Waals surface area contributed by atoms with Gasteiger partial charge in [0.05, 0.1) is 7.82 Å². The summed E-state index contributed by atoms with van der Waals surface area (Å²) >= 11 is 0. The summed E-state index contributed by atoms with van der Waals surface area (Å²) in [7, 11) is -5.20. The largest absolute Gasteiger partial charge is 1.00 e. The fraction of sp³-hybridized carbons (Fsp3) is 0.952. The van der Waals surface area contributed by atoms with E-state index >= 15 is 0 Å². The number of phosphoric acid groups is 1. The van der Waals surface area contributed by atoms with Crippen LogP contribution in [0.5, 0.6) is 0 Å². The second-order valence-electron chi connectivity index (χ2n) is 10.6. The molecule has 0 aromatic carbocycles. The molecule has 0 aromatic rings. The normalized spacial score (nSPS) is 42.8. The van der Waals surface area contributed by atoms with E-state index in [1.54, 1.807) is 0 Å². The molecule has 178 valence electrons. The monoisotopic (exact) mass is 512 g/mol. The van der Waals surface area contributed by atoms with Crippen LogP contribution in [0.3, 0.4) is 0 Å². The Morgan fingerprint density at radius 1 is 1.03 bits per heavy atom. The number of hydrogen-bond donors (Lipinski definition) is 1. The third-order valence-electron chi connectivity index (χ3n) is 9.29. The van der Waals surface area contributed by atoms with Crippen LogP contribution in [0.2, 0.25) is 0 Å². The maximum absolute atomic E-state index is 13.4. The number of carbonyl (C=O) groups is 1. The van der Waals surface area contributed by atoms with Crippen molar-refractivity contribution in [3.05, 3.63) is 0 Å². The number of carbonyl (C=O) groups excluding carboxylic acids is 1. The number of Topliss-reactive ketones (excluding diaryl/α,β-unsaturated/α-hetero) is 1. The standard InChI is InChI=1S/C21H32F3O6P.2Na/c1-19-8-6-14-13-7-9-20(26,21(22,23)24)10-12(13)2-3-15(14)16(19)4-5-17(19)18(25)11-30-31(27,28)29;;/h12-17,26H,2-11H2,1H3,(H2,27,28,29);;/q;2*+1/p-2/t12-,13+,14?,15?,16?,17-,19+,20?;;/m1../s1. The molecule has 12 heteroatoms. The molecule has 4 aliphatic rings. The van der Waals surface area contributed by atoms with Crippen molar-refractivity contribution in [1.82, 2.24) is 0 Å². The zero-order valence-electron chi connectivity index (χ0n) is 19.6. The molecule has 0 spiro atoms. The van der Waals surface area contributed by atoms with E-state index in [1.165, 1.54) is 0 Å². The summed E-state index contributed by atoms with van der Waals surface area (Å²) in [6.07, 6.45) is -0.184. The van der Waals surface area contributed by atoms with Crippen LogP contribution < -0.4 is 68.9 Å². The maximum Gasteiger partial charge on any atom is 1.00 e. The van der Waals surface area contributed by atoms with E-state index in [9.17, 15) is 37.4 Å². The molecule has 0 heterocycles. The van der Waals surface area contributed by atoms with Crippen molar-refractivity contribution in [1.29, 1.82) is 0 Å². The summed E-state index contributed by atoms with van der Waals surface area (Å²) in [5, 5.41) is 10.2. The molecule has 0 radical (unpaired) electrons. The smallest absolute Gasteiger partial charge is 0.790 e. The topological polar surface area (TPSA) is 110 Å². The van der Waals surface area contributed by atoms with Gasteiger partial charge in [-0.2, -0.15) is 13.2 Å². The van der Waals surface area contributed by atoms with Gasteiger partial charge < -0.3 is 24.0 Å². The minimum atomic E-state index is -5.20. The van der Waals surface area contributed by atoms with Gasteiger partial charge in [0.1, 0.15) is 6.61 Å². The van der Waals surface area contributed by atoms with Crippen molar-refractivity contribution in [2.75, 3.05) is 6.61 Å². The van der Waals surface area contributed by atoms with E-state index in [1.807, 2.05) is 0 Å². The Bertz CT molecular complexity index is 780. The molecule has 4 saturated carbocycles. The van der Waals surface area contributed by atoms with Crippen molar-refractivity contribution in [2.45, 2.75) is 76.5 Å². The second kappa shape index (κ2) is 10.7. The number of ketones is 1. The summed E-state index contributed by atoms with van der Waals surface area (Å²) in [6.45, 7) is 1.35. The van der Waals surface area contributed by atoms with Gasteiger partial charge in [-0.3, -0.25) is 4.79 Å². The van der Waals surface area contributed by atoms with Crippen molar-refractivity contribution >= 4 is 13.6 Å². The van der Waals surface area contributed by atoms with Crippen molar-refractivity contribution in [2.24, 2.45) is 40.9 Å². The van der Waals surface area contributed by atoms with Gasteiger partial charge in [-0.1, -0.05) is 6.92 Å². The fourth-order valence-corrected chi connectivity index (χ4v) is 8.19. The summed E-state index contributed by atoms with van der Waals surface area (Å²) < 4.78 is 55.0. The maximum atomic E-state index is 13.4. The average Bonchev–Trinajstić information content (AvgIpc) is 3.01. The molecule has 4 rings (SSSR count). The Morgan fingerprint density at radius 2 is 1.67 bits per heavy atom. The first-order valence-electron chi connectivity index (χ1n) is 11.2. The minimum Gasteiger partial charge on any atom is -0.790 e. The Labute approximate surface area is 237 Å². The molecule has 33 heavy (non-hydrogen) atoms. The number of fused-ring (bicyclic) bond motifs is 5. The summed E-state index contributed by atoms with van der Waals surface area (Å²) in [6, 6.07) is 0. The minimum absolute atomic E-state index is 0. The van der Waals surface area contributed by atoms with Gasteiger partial charge in [-0.15, -0.1) is 0 Å². The number of alkyl halides is 3. The zero-order chi connectivity index (χ0) is 22.8. The molecule has 4 fully saturated rings. The van der Waals surface area contributed by atoms with Gasteiger partial charge >= 0.3 is 65.3 Å². The Kier molecular flexibility index (Phi) is 9.99. The Balaban J connectivity index is 0.00000193. The molecule has 6 nitrogen and oxygen atoms in total. The molecule has 0 bridgehead atoms. The number of rotatable bonds is 4. The number of aliphatic hydroxyl groups is 1. The number of phosphoric ester groups is 1. The van der Waals surface area contributed by atoms with Crippen LogP contribution in [0.15, 0.2) is 0 Å². The predicted molar refractivity (Wildman–Crippen MR) is 100 cm³/mol. The first-order chi connectivity index (χ1) is 14.3. The van der Waals surface area contributed by atoms with Gasteiger partial charge in [-0.25, -0.2) is 0 Å². The van der Waals surface area contributed by atoms with E-state index in [0.29, 0.717) is 31.1 Å².